The number of oxime groups is 1. The molecule has 13 heteroatoms. The fraction of sp³-hybridized carbons (Fsp3) is 0.278. The van der Waals surface area contributed by atoms with Crippen LogP contribution in [0.5, 0.6) is 5.75 Å². The summed E-state index contributed by atoms with van der Waals surface area (Å²) in [6, 6.07) is 4.56. The summed E-state index contributed by atoms with van der Waals surface area (Å²) < 4.78 is 5.40. The highest BCUT2D eigenvalue weighted by molar-refractivity contribution is 7.13. The smallest absolute Gasteiger partial charge is 0.526 e. The van der Waals surface area contributed by atoms with Crippen LogP contribution in [0.15, 0.2) is 28.7 Å². The first-order valence-electron chi connectivity index (χ1n) is 9.08. The van der Waals surface area contributed by atoms with E-state index in [9.17, 15) is 24.5 Å². The summed E-state index contributed by atoms with van der Waals surface area (Å²) in [5.41, 5.74) is 5.95. The van der Waals surface area contributed by atoms with Gasteiger partial charge in [0.15, 0.2) is 16.6 Å². The predicted molar refractivity (Wildman–Crippen MR) is 110 cm³/mol. The number of para-hydroxylation sites is 1. The molecule has 0 saturated carbocycles. The zero-order valence-corrected chi connectivity index (χ0v) is 17.0. The van der Waals surface area contributed by atoms with Crippen molar-refractivity contribution >= 4 is 47.0 Å². The number of nitrogen functional groups attached to an aromatic ring is 1. The van der Waals surface area contributed by atoms with E-state index in [1.807, 2.05) is 0 Å². The Kier molecular flexibility index (Phi) is 6.56. The summed E-state index contributed by atoms with van der Waals surface area (Å²) in [4.78, 5) is 44.2. The molecule has 1 unspecified atom stereocenters. The number of Topliss-reactive ketones (excluding diaryl/α,β-unsaturated/α-hetero) is 1. The number of anilines is 1. The lowest BCUT2D eigenvalue weighted by molar-refractivity contribution is -0.149. The first-order valence-corrected chi connectivity index (χ1v) is 9.96. The van der Waals surface area contributed by atoms with Gasteiger partial charge in [0, 0.05) is 17.6 Å². The molecule has 1 aliphatic rings. The quantitative estimate of drug-likeness (QED) is 0.259. The number of aromatic carboxylic acids is 1. The number of carboxylic acids is 2. The number of thiazole rings is 1. The second-order valence-corrected chi connectivity index (χ2v) is 7.69. The van der Waals surface area contributed by atoms with Crippen molar-refractivity contribution in [2.45, 2.75) is 31.7 Å². The van der Waals surface area contributed by atoms with E-state index in [0.29, 0.717) is 5.56 Å². The molecule has 1 aliphatic heterocycles. The zero-order chi connectivity index (χ0) is 22.7. The first kappa shape index (κ1) is 22.2. The average molecular weight is 447 g/mol. The molecule has 0 fully saturated rings. The van der Waals surface area contributed by atoms with Crippen LogP contribution in [0.3, 0.4) is 0 Å². The number of aliphatic carboxylic acids is 1. The van der Waals surface area contributed by atoms with Crippen LogP contribution < -0.4 is 10.4 Å². The number of fused-ring (bicyclic) bond motifs is 1. The number of aromatic nitrogens is 1. The minimum atomic E-state index is -1.43. The van der Waals surface area contributed by atoms with E-state index in [2.05, 4.69) is 10.1 Å². The van der Waals surface area contributed by atoms with Crippen molar-refractivity contribution in [1.82, 2.24) is 4.98 Å². The van der Waals surface area contributed by atoms with Crippen LogP contribution in [0.25, 0.3) is 0 Å². The van der Waals surface area contributed by atoms with Gasteiger partial charge in [0.2, 0.25) is 6.10 Å². The maximum absolute atomic E-state index is 12.9. The van der Waals surface area contributed by atoms with Gasteiger partial charge in [-0.15, -0.1) is 11.3 Å². The molecule has 5 N–H and O–H groups in total. The third kappa shape index (κ3) is 5.01. The first-order chi connectivity index (χ1) is 14.7. The lowest BCUT2D eigenvalue weighted by Gasteiger charge is -2.28. The molecule has 0 bridgehead atoms. The minimum absolute atomic E-state index is 0.0611. The Balaban J connectivity index is 1.83. The fourth-order valence-corrected chi connectivity index (χ4v) is 3.52. The van der Waals surface area contributed by atoms with E-state index in [-0.39, 0.29) is 40.7 Å². The Labute approximate surface area is 180 Å². The van der Waals surface area contributed by atoms with E-state index in [1.165, 1.54) is 18.4 Å². The Morgan fingerprint density at radius 2 is 2.16 bits per heavy atom. The zero-order valence-electron chi connectivity index (χ0n) is 16.2. The normalized spacial score (nSPS) is 16.8. The highest BCUT2D eigenvalue weighted by Gasteiger charge is 2.39. The summed E-state index contributed by atoms with van der Waals surface area (Å²) in [6.07, 6.45) is -1.36. The molecule has 0 radical (unpaired) electrons. The summed E-state index contributed by atoms with van der Waals surface area (Å²) >= 11 is 1.06. The van der Waals surface area contributed by atoms with Gasteiger partial charge in [-0.3, -0.25) is 4.79 Å². The number of benzene rings is 1. The number of rotatable bonds is 8. The van der Waals surface area contributed by atoms with Crippen molar-refractivity contribution in [3.8, 4) is 5.75 Å². The van der Waals surface area contributed by atoms with Crippen molar-refractivity contribution in [2.24, 2.45) is 5.16 Å². The molecule has 162 valence electrons. The average Bonchev–Trinajstić information content (AvgIpc) is 3.13. The molecule has 2 atom stereocenters. The lowest BCUT2D eigenvalue weighted by atomic mass is 9.64. The van der Waals surface area contributed by atoms with Crippen molar-refractivity contribution in [3.05, 3.63) is 40.4 Å². The number of carbonyl (C=O) groups excluding carboxylic acids is 1. The third-order valence-corrected chi connectivity index (χ3v) is 5.25. The van der Waals surface area contributed by atoms with E-state index in [1.54, 1.807) is 12.1 Å². The van der Waals surface area contributed by atoms with Crippen molar-refractivity contribution in [3.63, 3.8) is 0 Å². The second kappa shape index (κ2) is 9.14. The summed E-state index contributed by atoms with van der Waals surface area (Å²) in [6.45, 7) is 1.25. The summed E-state index contributed by atoms with van der Waals surface area (Å²) in [7, 11) is -1.43. The van der Waals surface area contributed by atoms with Crippen LogP contribution in [-0.2, 0) is 20.8 Å². The highest BCUT2D eigenvalue weighted by Crippen LogP contribution is 2.36. The minimum Gasteiger partial charge on any atom is -0.535 e. The van der Waals surface area contributed by atoms with Crippen LogP contribution >= 0.6 is 11.3 Å². The number of carboxylic acid groups (broad SMARTS) is 2. The van der Waals surface area contributed by atoms with Gasteiger partial charge >= 0.3 is 19.1 Å². The van der Waals surface area contributed by atoms with E-state index in [0.717, 1.165) is 11.3 Å². The van der Waals surface area contributed by atoms with Gasteiger partial charge in [0.05, 0.1) is 5.56 Å². The molecule has 31 heavy (non-hydrogen) atoms. The maximum atomic E-state index is 12.9. The Morgan fingerprint density at radius 1 is 1.42 bits per heavy atom. The SMILES string of the molecule is CC(O/N=C(\C(=O)C[C@H]1Cc2cccc(C(=O)O)c2OB1O)c1csc(N)n1)C(=O)O. The lowest BCUT2D eigenvalue weighted by Crippen LogP contribution is -2.37. The van der Waals surface area contributed by atoms with Crippen LogP contribution in [0, 0.1) is 0 Å². The number of nitrogens with two attached hydrogens (primary N) is 1. The molecule has 1 aromatic heterocycles. The largest absolute Gasteiger partial charge is 0.535 e. The molecule has 11 nitrogen and oxygen atoms in total. The molecule has 3 rings (SSSR count). The molecule has 0 spiro atoms. The van der Waals surface area contributed by atoms with Gasteiger partial charge in [-0.25, -0.2) is 14.6 Å². The molecule has 1 aromatic carbocycles. The fourth-order valence-electron chi connectivity index (χ4n) is 2.97. The number of nitrogens with zero attached hydrogens (tertiary/aromatic N) is 2. The molecular formula is C18H18BN3O8S. The number of hydrogen-bond acceptors (Lipinski definition) is 10. The van der Waals surface area contributed by atoms with Crippen LogP contribution in [-0.4, -0.2) is 56.9 Å². The van der Waals surface area contributed by atoms with Gasteiger partial charge in [-0.1, -0.05) is 17.3 Å². The molecule has 0 aliphatic carbocycles. The maximum Gasteiger partial charge on any atom is 0.526 e. The monoisotopic (exact) mass is 447 g/mol. The highest BCUT2D eigenvalue weighted by atomic mass is 32.1. The van der Waals surface area contributed by atoms with Crippen LogP contribution in [0.4, 0.5) is 5.13 Å². The standard InChI is InChI=1S/C18H18BN3O8S/c1-8(16(24)25)30-22-14(12-7-31-18(20)21-12)13(23)6-10-5-9-3-2-4-11(17(26)27)15(9)29-19(10)28/h2-4,7-8,10,28H,5-6H2,1H3,(H2,20,21)(H,24,25)(H,26,27)/b22-14-/t8?,10-/m1/s1. The van der Waals surface area contributed by atoms with Gasteiger partial charge in [0.1, 0.15) is 11.4 Å². The summed E-state index contributed by atoms with van der Waals surface area (Å²) in [5.74, 6) is -3.68. The number of carbonyl (C=O) groups is 3. The van der Waals surface area contributed by atoms with Gasteiger partial charge in [-0.2, -0.15) is 0 Å². The van der Waals surface area contributed by atoms with Gasteiger partial charge < -0.3 is 30.5 Å². The van der Waals surface area contributed by atoms with E-state index in [4.69, 9.17) is 20.3 Å². The van der Waals surface area contributed by atoms with Crippen LogP contribution in [0.1, 0.15) is 35.0 Å². The molecular weight excluding hydrogens is 429 g/mol. The van der Waals surface area contributed by atoms with E-state index < -0.39 is 36.8 Å². The number of hydrogen-bond donors (Lipinski definition) is 4. The number of ketones is 1. The van der Waals surface area contributed by atoms with Gasteiger partial charge in [-0.05, 0) is 25.0 Å². The Morgan fingerprint density at radius 3 is 2.77 bits per heavy atom. The third-order valence-electron chi connectivity index (χ3n) is 4.58. The van der Waals surface area contributed by atoms with Crippen LogP contribution in [0.2, 0.25) is 5.82 Å². The molecule has 2 heterocycles. The van der Waals surface area contributed by atoms with Crippen molar-refractivity contribution in [1.29, 1.82) is 0 Å². The molecule has 2 aromatic rings. The van der Waals surface area contributed by atoms with Crippen molar-refractivity contribution in [2.75, 3.05) is 5.73 Å². The van der Waals surface area contributed by atoms with E-state index >= 15 is 0 Å². The second-order valence-electron chi connectivity index (χ2n) is 6.80. The molecule has 0 saturated heterocycles. The predicted octanol–water partition coefficient (Wildman–Crippen LogP) is 1.06. The Hall–Kier alpha value is -3.45. The Bertz CT molecular complexity index is 1060. The van der Waals surface area contributed by atoms with Gasteiger partial charge in [0.25, 0.3) is 0 Å². The molecule has 0 amide bonds. The topological polar surface area (TPSA) is 182 Å². The summed E-state index contributed by atoms with van der Waals surface area (Å²) in [5, 5.41) is 33.9. The van der Waals surface area contributed by atoms with Crippen molar-refractivity contribution < 1.29 is 39.1 Å².